The summed E-state index contributed by atoms with van der Waals surface area (Å²) in [5, 5.41) is 17.6. The maximum atomic E-state index is 9.34. The zero-order valence-corrected chi connectivity index (χ0v) is 13.4. The fourth-order valence-electron chi connectivity index (χ4n) is 2.94. The van der Waals surface area contributed by atoms with E-state index >= 15 is 0 Å². The Hall–Kier alpha value is -1.87. The number of aryl methyl sites for hydroxylation is 1. The van der Waals surface area contributed by atoms with Gasteiger partial charge in [0.05, 0.1) is 11.3 Å². The average Bonchev–Trinajstić information content (AvgIpc) is 2.93. The van der Waals surface area contributed by atoms with Gasteiger partial charge in [-0.3, -0.25) is 0 Å². The first-order chi connectivity index (χ1) is 10.2. The molecule has 2 aromatic rings. The van der Waals surface area contributed by atoms with Crippen LogP contribution < -0.4 is 4.90 Å². The summed E-state index contributed by atoms with van der Waals surface area (Å²) in [6.07, 6.45) is 3.95. The van der Waals surface area contributed by atoms with Gasteiger partial charge in [0, 0.05) is 30.5 Å². The summed E-state index contributed by atoms with van der Waals surface area (Å²) in [7, 11) is 1.98. The highest BCUT2D eigenvalue weighted by Crippen LogP contribution is 2.31. The van der Waals surface area contributed by atoms with E-state index in [2.05, 4.69) is 37.1 Å². The molecule has 21 heavy (non-hydrogen) atoms. The Morgan fingerprint density at radius 1 is 1.43 bits per heavy atom. The van der Waals surface area contributed by atoms with Crippen molar-refractivity contribution in [1.29, 1.82) is 5.26 Å². The normalized spacial score (nSPS) is 18.5. The first-order valence-corrected chi connectivity index (χ1v) is 7.77. The highest BCUT2D eigenvalue weighted by atomic mass is 79.9. The average molecular weight is 346 g/mol. The molecule has 2 heterocycles. The molecule has 5 nitrogen and oxygen atoms in total. The minimum Gasteiger partial charge on any atom is -0.370 e. The summed E-state index contributed by atoms with van der Waals surface area (Å²) >= 11 is 3.42. The fraction of sp³-hybridized carbons (Fsp3) is 0.400. The Kier molecular flexibility index (Phi) is 3.93. The summed E-state index contributed by atoms with van der Waals surface area (Å²) in [5.41, 5.74) is 1.72. The van der Waals surface area contributed by atoms with E-state index in [1.165, 1.54) is 0 Å². The van der Waals surface area contributed by atoms with Crippen LogP contribution in [0.2, 0.25) is 0 Å². The van der Waals surface area contributed by atoms with Crippen LogP contribution in [0.4, 0.5) is 5.69 Å². The lowest BCUT2D eigenvalue weighted by Gasteiger charge is -2.34. The van der Waals surface area contributed by atoms with Gasteiger partial charge in [0.25, 0.3) is 0 Å². The van der Waals surface area contributed by atoms with Crippen LogP contribution in [0.1, 0.15) is 30.1 Å². The van der Waals surface area contributed by atoms with Gasteiger partial charge >= 0.3 is 0 Å². The molecule has 0 bridgehead atoms. The molecule has 0 N–H and O–H groups in total. The Morgan fingerprint density at radius 3 is 3.00 bits per heavy atom. The number of halogens is 1. The van der Waals surface area contributed by atoms with Crippen LogP contribution in [0, 0.1) is 11.3 Å². The molecule has 6 heteroatoms. The van der Waals surface area contributed by atoms with Gasteiger partial charge in [-0.1, -0.05) is 15.9 Å². The Balaban J connectivity index is 1.87. The molecule has 1 aliphatic heterocycles. The van der Waals surface area contributed by atoms with Crippen molar-refractivity contribution < 1.29 is 0 Å². The number of aromatic nitrogens is 3. The van der Waals surface area contributed by atoms with Gasteiger partial charge in [-0.25, -0.2) is 0 Å². The van der Waals surface area contributed by atoms with Gasteiger partial charge in [0.1, 0.15) is 18.2 Å². The third-order valence-corrected chi connectivity index (χ3v) is 4.45. The Bertz CT molecular complexity index is 688. The third kappa shape index (κ3) is 2.79. The minimum absolute atomic E-state index is 0.362. The maximum Gasteiger partial charge on any atom is 0.137 e. The van der Waals surface area contributed by atoms with Crippen molar-refractivity contribution in [2.45, 2.75) is 18.8 Å². The molecule has 0 aliphatic carbocycles. The summed E-state index contributed by atoms with van der Waals surface area (Å²) in [6.45, 7) is 1.85. The molecule has 1 fully saturated rings. The van der Waals surface area contributed by atoms with Gasteiger partial charge in [-0.05, 0) is 31.0 Å². The highest BCUT2D eigenvalue weighted by molar-refractivity contribution is 9.10. The van der Waals surface area contributed by atoms with Crippen LogP contribution in [-0.4, -0.2) is 27.9 Å². The van der Waals surface area contributed by atoms with Crippen LogP contribution in [0.15, 0.2) is 29.0 Å². The van der Waals surface area contributed by atoms with Crippen LogP contribution >= 0.6 is 15.9 Å². The van der Waals surface area contributed by atoms with Crippen molar-refractivity contribution in [2.75, 3.05) is 18.0 Å². The van der Waals surface area contributed by atoms with E-state index in [4.69, 9.17) is 0 Å². The van der Waals surface area contributed by atoms with Gasteiger partial charge in [0.15, 0.2) is 0 Å². The zero-order chi connectivity index (χ0) is 14.8. The van der Waals surface area contributed by atoms with Crippen molar-refractivity contribution in [3.05, 3.63) is 40.4 Å². The number of nitrogens with zero attached hydrogens (tertiary/aromatic N) is 5. The fourth-order valence-corrected chi connectivity index (χ4v) is 3.30. The minimum atomic E-state index is 0.362. The van der Waals surface area contributed by atoms with Crippen molar-refractivity contribution in [3.8, 4) is 6.07 Å². The predicted molar refractivity (Wildman–Crippen MR) is 84.0 cm³/mol. The lowest BCUT2D eigenvalue weighted by molar-refractivity contribution is 0.480. The third-order valence-electron chi connectivity index (χ3n) is 3.95. The van der Waals surface area contributed by atoms with Crippen molar-refractivity contribution >= 4 is 21.6 Å². The number of rotatable bonds is 2. The van der Waals surface area contributed by atoms with Gasteiger partial charge < -0.3 is 9.47 Å². The molecule has 0 amide bonds. The van der Waals surface area contributed by atoms with E-state index in [1.54, 1.807) is 6.33 Å². The number of anilines is 1. The Labute approximate surface area is 132 Å². The van der Waals surface area contributed by atoms with Crippen LogP contribution in [0.3, 0.4) is 0 Å². The van der Waals surface area contributed by atoms with E-state index in [0.717, 1.165) is 41.9 Å². The second kappa shape index (κ2) is 5.86. The summed E-state index contributed by atoms with van der Waals surface area (Å²) in [6, 6.07) is 8.17. The molecular weight excluding hydrogens is 330 g/mol. The predicted octanol–water partition coefficient (Wildman–Crippen LogP) is 2.83. The van der Waals surface area contributed by atoms with Gasteiger partial charge in [-0.2, -0.15) is 5.26 Å². The second-order valence-electron chi connectivity index (χ2n) is 5.36. The molecule has 1 aromatic carbocycles. The molecule has 1 aliphatic rings. The zero-order valence-electron chi connectivity index (χ0n) is 11.8. The number of benzene rings is 1. The van der Waals surface area contributed by atoms with E-state index in [1.807, 2.05) is 29.8 Å². The van der Waals surface area contributed by atoms with Gasteiger partial charge in [0.2, 0.25) is 0 Å². The first-order valence-electron chi connectivity index (χ1n) is 6.97. The van der Waals surface area contributed by atoms with Crippen LogP contribution in [0.25, 0.3) is 0 Å². The lowest BCUT2D eigenvalue weighted by atomic mass is 9.96. The number of piperidine rings is 1. The molecule has 1 atom stereocenters. The maximum absolute atomic E-state index is 9.34. The van der Waals surface area contributed by atoms with Crippen LogP contribution in [0.5, 0.6) is 0 Å². The molecule has 1 aromatic heterocycles. The van der Waals surface area contributed by atoms with E-state index in [-0.39, 0.29) is 0 Å². The van der Waals surface area contributed by atoms with Crippen molar-refractivity contribution in [3.63, 3.8) is 0 Å². The van der Waals surface area contributed by atoms with Gasteiger partial charge in [-0.15, -0.1) is 10.2 Å². The number of nitriles is 1. The molecule has 3 rings (SSSR count). The highest BCUT2D eigenvalue weighted by Gasteiger charge is 2.26. The van der Waals surface area contributed by atoms with Crippen LogP contribution in [-0.2, 0) is 7.05 Å². The molecular formula is C15H16BrN5. The largest absolute Gasteiger partial charge is 0.370 e. The quantitative estimate of drug-likeness (QED) is 0.839. The smallest absolute Gasteiger partial charge is 0.137 e. The molecule has 0 saturated carbocycles. The summed E-state index contributed by atoms with van der Waals surface area (Å²) in [4.78, 5) is 2.29. The monoisotopic (exact) mass is 345 g/mol. The molecule has 0 spiro atoms. The standard InChI is InChI=1S/C15H16BrN5/c1-20-10-18-19-15(20)11-3-2-6-21(9-11)14-5-4-13(16)7-12(14)8-17/h4-5,7,10-11H,2-3,6,9H2,1H3/t11-/m1/s1. The Morgan fingerprint density at radius 2 is 2.29 bits per heavy atom. The van der Waals surface area contributed by atoms with Crippen molar-refractivity contribution in [2.24, 2.45) is 7.05 Å². The molecule has 1 saturated heterocycles. The molecule has 108 valence electrons. The number of hydrogen-bond acceptors (Lipinski definition) is 4. The SMILES string of the molecule is Cn1cnnc1[C@@H]1CCCN(c2ccc(Br)cc2C#N)C1. The summed E-state index contributed by atoms with van der Waals surface area (Å²) < 4.78 is 2.92. The summed E-state index contributed by atoms with van der Waals surface area (Å²) in [5.74, 6) is 1.39. The molecule has 0 radical (unpaired) electrons. The number of hydrogen-bond donors (Lipinski definition) is 0. The molecule has 0 unspecified atom stereocenters. The first kappa shape index (κ1) is 14.1. The second-order valence-corrected chi connectivity index (χ2v) is 6.27. The van der Waals surface area contributed by atoms with E-state index in [0.29, 0.717) is 11.5 Å². The van der Waals surface area contributed by atoms with E-state index < -0.39 is 0 Å². The lowest BCUT2D eigenvalue weighted by Crippen LogP contribution is -2.35. The topological polar surface area (TPSA) is 57.7 Å². The van der Waals surface area contributed by atoms with E-state index in [9.17, 15) is 5.26 Å². The van der Waals surface area contributed by atoms with Crippen molar-refractivity contribution in [1.82, 2.24) is 14.8 Å².